The smallest absolute Gasteiger partial charge is 0.217 e. The summed E-state index contributed by atoms with van der Waals surface area (Å²) in [6.45, 7) is 13.8. The van der Waals surface area contributed by atoms with E-state index in [9.17, 15) is 4.79 Å². The highest BCUT2D eigenvalue weighted by Gasteiger charge is 2.43. The van der Waals surface area contributed by atoms with Crippen LogP contribution in [-0.4, -0.2) is 53.0 Å². The molecule has 3 N–H and O–H groups in total. The lowest BCUT2D eigenvalue weighted by molar-refractivity contribution is -0.118. The Morgan fingerprint density at radius 3 is 1.14 bits per heavy atom. The molecule has 0 unspecified atom stereocenters. The third kappa shape index (κ3) is 11.4. The quantitative estimate of drug-likeness (QED) is 0.0528. The maximum Gasteiger partial charge on any atom is 0.217 e. The third-order valence-corrected chi connectivity index (χ3v) is 14.3. The number of rotatable bonds is 22. The van der Waals surface area contributed by atoms with E-state index >= 15 is 0 Å². The number of benzene rings is 6. The SMILES string of the molecule is CC(C)(CNCCN(CCCCC(N)=O)CC(C)(C)SC(c1ccccc1)(c1ccccc1)c1ccccc1)SC(c1ccccc1)(c1ccccc1)c1ccccc1. The standard InChI is InChI=1S/C53H61N3OS2/c1-50(2,58-52(43-25-11-5-12-26-43,44-27-13-6-14-28-44)45-29-15-7-16-30-45)41-55-38-40-56(39-24-23-37-49(54)57)42-51(3,4)59-53(46-31-17-8-18-32-46,47-33-19-9-20-34-47)48-35-21-10-22-36-48/h5-22,25-36,55H,23-24,37-42H2,1-4H3,(H2,54,57). The molecule has 0 aromatic heterocycles. The van der Waals surface area contributed by atoms with Crippen molar-refractivity contribution in [3.8, 4) is 0 Å². The highest BCUT2D eigenvalue weighted by Crippen LogP contribution is 2.54. The van der Waals surface area contributed by atoms with E-state index in [1.54, 1.807) is 0 Å². The molecule has 0 heterocycles. The van der Waals surface area contributed by atoms with Gasteiger partial charge in [0.1, 0.15) is 0 Å². The number of unbranched alkanes of at least 4 members (excludes halogenated alkanes) is 1. The summed E-state index contributed by atoms with van der Waals surface area (Å²) in [5.41, 5.74) is 13.2. The molecule has 0 fully saturated rings. The Labute approximate surface area is 362 Å². The van der Waals surface area contributed by atoms with Crippen molar-refractivity contribution < 1.29 is 4.79 Å². The van der Waals surface area contributed by atoms with Gasteiger partial charge in [0.15, 0.2) is 0 Å². The first-order valence-corrected chi connectivity index (χ1v) is 22.6. The van der Waals surface area contributed by atoms with E-state index in [-0.39, 0.29) is 15.4 Å². The highest BCUT2D eigenvalue weighted by atomic mass is 32.2. The second kappa shape index (κ2) is 20.6. The molecule has 6 aromatic carbocycles. The molecule has 59 heavy (non-hydrogen) atoms. The first-order valence-electron chi connectivity index (χ1n) is 21.0. The van der Waals surface area contributed by atoms with Crippen LogP contribution in [0.25, 0.3) is 0 Å². The Hall–Kier alpha value is -4.59. The number of carbonyl (C=O) groups is 1. The topological polar surface area (TPSA) is 58.4 Å². The number of hydrogen-bond donors (Lipinski definition) is 2. The fourth-order valence-electron chi connectivity index (χ4n) is 8.36. The zero-order valence-corrected chi connectivity index (χ0v) is 36.9. The molecule has 0 aliphatic rings. The molecule has 0 atom stereocenters. The Morgan fingerprint density at radius 2 is 0.814 bits per heavy atom. The van der Waals surface area contributed by atoms with E-state index in [0.717, 1.165) is 45.6 Å². The molecule has 0 aliphatic heterocycles. The molecule has 0 saturated heterocycles. The summed E-state index contributed by atoms with van der Waals surface area (Å²) in [6, 6.07) is 65.8. The van der Waals surface area contributed by atoms with E-state index in [1.807, 2.05) is 23.5 Å². The Kier molecular flexibility index (Phi) is 15.3. The normalized spacial score (nSPS) is 12.4. The number of nitrogens with one attached hydrogen (secondary N) is 1. The highest BCUT2D eigenvalue weighted by molar-refractivity contribution is 8.02. The molecular formula is C53H61N3OS2. The summed E-state index contributed by atoms with van der Waals surface area (Å²) in [6.07, 6.45) is 2.12. The lowest BCUT2D eigenvalue weighted by Gasteiger charge is -2.43. The van der Waals surface area contributed by atoms with E-state index in [1.165, 1.54) is 33.4 Å². The van der Waals surface area contributed by atoms with Crippen molar-refractivity contribution in [1.82, 2.24) is 10.2 Å². The summed E-state index contributed by atoms with van der Waals surface area (Å²) in [5.74, 6) is -0.232. The van der Waals surface area contributed by atoms with Crippen LogP contribution in [0.2, 0.25) is 0 Å². The fourth-order valence-corrected chi connectivity index (χ4v) is 12.0. The molecule has 1 amide bonds. The molecule has 306 valence electrons. The summed E-state index contributed by atoms with van der Waals surface area (Å²) in [7, 11) is 0. The number of hydrogen-bond acceptors (Lipinski definition) is 5. The van der Waals surface area contributed by atoms with Gasteiger partial charge >= 0.3 is 0 Å². The van der Waals surface area contributed by atoms with E-state index in [4.69, 9.17) is 5.73 Å². The first kappa shape index (κ1) is 44.0. The van der Waals surface area contributed by atoms with Gasteiger partial charge in [-0.2, -0.15) is 0 Å². The van der Waals surface area contributed by atoms with Crippen molar-refractivity contribution in [2.24, 2.45) is 5.73 Å². The average molecular weight is 820 g/mol. The maximum absolute atomic E-state index is 11.7. The van der Waals surface area contributed by atoms with E-state index in [0.29, 0.717) is 6.42 Å². The van der Waals surface area contributed by atoms with Crippen molar-refractivity contribution >= 4 is 29.4 Å². The van der Waals surface area contributed by atoms with Gasteiger partial charge in [-0.3, -0.25) is 4.79 Å². The van der Waals surface area contributed by atoms with Gasteiger partial charge in [-0.15, -0.1) is 23.5 Å². The van der Waals surface area contributed by atoms with Crippen LogP contribution in [0.1, 0.15) is 80.3 Å². The molecule has 6 heteroatoms. The number of thioether (sulfide) groups is 2. The van der Waals surface area contributed by atoms with Crippen LogP contribution in [0.15, 0.2) is 182 Å². The van der Waals surface area contributed by atoms with Gasteiger partial charge in [0.25, 0.3) is 0 Å². The van der Waals surface area contributed by atoms with Gasteiger partial charge in [-0.25, -0.2) is 0 Å². The minimum absolute atomic E-state index is 0.135. The van der Waals surface area contributed by atoms with Crippen LogP contribution in [0.4, 0.5) is 0 Å². The second-order valence-corrected chi connectivity index (χ2v) is 20.5. The van der Waals surface area contributed by atoms with Crippen LogP contribution in [-0.2, 0) is 14.3 Å². The van der Waals surface area contributed by atoms with Crippen LogP contribution in [0.3, 0.4) is 0 Å². The monoisotopic (exact) mass is 819 g/mol. The van der Waals surface area contributed by atoms with Gasteiger partial charge in [-0.1, -0.05) is 182 Å². The summed E-state index contributed by atoms with van der Waals surface area (Å²) < 4.78 is -1.12. The maximum atomic E-state index is 11.7. The van der Waals surface area contributed by atoms with Gasteiger partial charge < -0.3 is 16.0 Å². The van der Waals surface area contributed by atoms with Gasteiger partial charge in [-0.05, 0) is 80.5 Å². The summed E-state index contributed by atoms with van der Waals surface area (Å²) in [4.78, 5) is 14.3. The van der Waals surface area contributed by atoms with E-state index < -0.39 is 9.49 Å². The minimum Gasteiger partial charge on any atom is -0.370 e. The lowest BCUT2D eigenvalue weighted by atomic mass is 9.84. The molecule has 0 spiro atoms. The van der Waals surface area contributed by atoms with Crippen LogP contribution < -0.4 is 11.1 Å². The van der Waals surface area contributed by atoms with Crippen molar-refractivity contribution in [3.05, 3.63) is 215 Å². The number of primary amides is 1. The van der Waals surface area contributed by atoms with Gasteiger partial charge in [0, 0.05) is 42.1 Å². The van der Waals surface area contributed by atoms with Crippen molar-refractivity contribution in [2.75, 3.05) is 32.7 Å². The predicted molar refractivity (Wildman–Crippen MR) is 254 cm³/mol. The van der Waals surface area contributed by atoms with Crippen molar-refractivity contribution in [3.63, 3.8) is 0 Å². The van der Waals surface area contributed by atoms with Crippen molar-refractivity contribution in [2.45, 2.75) is 65.9 Å². The Bertz CT molecular complexity index is 1940. The zero-order valence-electron chi connectivity index (χ0n) is 35.2. The van der Waals surface area contributed by atoms with Gasteiger partial charge in [0.05, 0.1) is 9.49 Å². The molecular weight excluding hydrogens is 759 g/mol. The Balaban J connectivity index is 1.23. The summed E-state index contributed by atoms with van der Waals surface area (Å²) >= 11 is 4.05. The van der Waals surface area contributed by atoms with Crippen molar-refractivity contribution in [1.29, 1.82) is 0 Å². The zero-order chi connectivity index (χ0) is 41.6. The average Bonchev–Trinajstić information content (AvgIpc) is 3.26. The Morgan fingerprint density at radius 1 is 0.492 bits per heavy atom. The predicted octanol–water partition coefficient (Wildman–Crippen LogP) is 11.5. The van der Waals surface area contributed by atoms with Crippen LogP contribution in [0, 0.1) is 0 Å². The third-order valence-electron chi connectivity index (χ3n) is 10.8. The molecule has 0 bridgehead atoms. The first-order chi connectivity index (χ1) is 28.5. The second-order valence-electron chi connectivity index (χ2n) is 16.7. The molecule has 0 radical (unpaired) electrons. The van der Waals surface area contributed by atoms with Crippen LogP contribution >= 0.6 is 23.5 Å². The number of nitrogens with zero attached hydrogens (tertiary/aromatic N) is 1. The van der Waals surface area contributed by atoms with Gasteiger partial charge in [0.2, 0.25) is 5.91 Å². The van der Waals surface area contributed by atoms with E-state index in [2.05, 4.69) is 220 Å². The number of carbonyl (C=O) groups excluding carboxylic acids is 1. The molecule has 6 aromatic rings. The molecule has 4 nitrogen and oxygen atoms in total. The summed E-state index contributed by atoms with van der Waals surface area (Å²) in [5, 5.41) is 3.91. The number of nitrogens with two attached hydrogens (primary N) is 1. The minimum atomic E-state index is -0.423. The molecule has 0 aliphatic carbocycles. The molecule has 0 saturated carbocycles. The number of amides is 1. The lowest BCUT2D eigenvalue weighted by Crippen LogP contribution is -2.45. The largest absolute Gasteiger partial charge is 0.370 e. The fraction of sp³-hybridized carbons (Fsp3) is 0.302. The van der Waals surface area contributed by atoms with Crippen LogP contribution in [0.5, 0.6) is 0 Å². The molecule has 6 rings (SSSR count).